The van der Waals surface area contributed by atoms with Crippen molar-refractivity contribution in [2.45, 2.75) is 6.92 Å². The number of hydrogen-bond acceptors (Lipinski definition) is 3. The van der Waals surface area contributed by atoms with Gasteiger partial charge >= 0.3 is 5.97 Å². The van der Waals surface area contributed by atoms with Crippen molar-refractivity contribution in [1.82, 2.24) is 14.8 Å². The molecule has 0 unspecified atom stereocenters. The molecule has 2 aromatic rings. The van der Waals surface area contributed by atoms with Crippen LogP contribution in [0.3, 0.4) is 0 Å². The molecule has 0 aliphatic rings. The summed E-state index contributed by atoms with van der Waals surface area (Å²) in [5.74, 6) is -0.974. The highest BCUT2D eigenvalue weighted by molar-refractivity contribution is 5.91. The normalized spacial score (nSPS) is 10.7. The van der Waals surface area contributed by atoms with Crippen molar-refractivity contribution in [3.63, 3.8) is 0 Å². The summed E-state index contributed by atoms with van der Waals surface area (Å²) in [4.78, 5) is 14.8. The molecule has 72 valence electrons. The Hall–Kier alpha value is -1.91. The number of nitrogens with zero attached hydrogens (tertiary/aromatic N) is 3. The summed E-state index contributed by atoms with van der Waals surface area (Å²) < 4.78 is 1.63. The van der Waals surface area contributed by atoms with E-state index in [-0.39, 0.29) is 5.56 Å². The first kappa shape index (κ1) is 8.68. The summed E-state index contributed by atoms with van der Waals surface area (Å²) in [6.45, 7) is 1.84. The van der Waals surface area contributed by atoms with Gasteiger partial charge in [-0.25, -0.2) is 4.79 Å². The third-order valence-corrected chi connectivity index (χ3v) is 2.11. The van der Waals surface area contributed by atoms with Gasteiger partial charge in [0.1, 0.15) is 5.52 Å². The van der Waals surface area contributed by atoms with Crippen LogP contribution in [-0.4, -0.2) is 25.8 Å². The Labute approximate surface area is 80.0 Å². The molecule has 2 aromatic heterocycles. The van der Waals surface area contributed by atoms with Crippen LogP contribution in [-0.2, 0) is 7.05 Å². The van der Waals surface area contributed by atoms with E-state index in [1.807, 2.05) is 6.92 Å². The molecule has 0 bridgehead atoms. The van der Waals surface area contributed by atoms with Crippen LogP contribution < -0.4 is 0 Å². The van der Waals surface area contributed by atoms with E-state index in [0.29, 0.717) is 0 Å². The van der Waals surface area contributed by atoms with Gasteiger partial charge in [0.25, 0.3) is 0 Å². The highest BCUT2D eigenvalue weighted by Crippen LogP contribution is 2.15. The maximum atomic E-state index is 10.7. The lowest BCUT2D eigenvalue weighted by Gasteiger charge is -1.95. The highest BCUT2D eigenvalue weighted by Gasteiger charge is 2.09. The standard InChI is InChI=1S/C9H9N3O2/c1-5-8-7(12(2)11-5)3-6(4-10-8)9(13)14/h3-4H,1-2H3,(H,13,14). The molecule has 0 atom stereocenters. The molecule has 2 rings (SSSR count). The lowest BCUT2D eigenvalue weighted by atomic mass is 10.2. The summed E-state index contributed by atoms with van der Waals surface area (Å²) in [5.41, 5.74) is 2.47. The van der Waals surface area contributed by atoms with Gasteiger partial charge in [0.2, 0.25) is 0 Å². The van der Waals surface area contributed by atoms with Crippen molar-refractivity contribution in [2.24, 2.45) is 7.05 Å². The fraction of sp³-hybridized carbons (Fsp3) is 0.222. The number of carboxylic acids is 1. The van der Waals surface area contributed by atoms with E-state index in [0.717, 1.165) is 16.7 Å². The molecule has 1 N–H and O–H groups in total. The van der Waals surface area contributed by atoms with Crippen LogP contribution in [0.25, 0.3) is 11.0 Å². The number of aromatic carboxylic acids is 1. The van der Waals surface area contributed by atoms with Crippen molar-refractivity contribution >= 4 is 17.0 Å². The van der Waals surface area contributed by atoms with E-state index >= 15 is 0 Å². The van der Waals surface area contributed by atoms with Crippen LogP contribution in [0.15, 0.2) is 12.3 Å². The van der Waals surface area contributed by atoms with E-state index in [4.69, 9.17) is 5.11 Å². The molecule has 0 aliphatic heterocycles. The first-order valence-electron chi connectivity index (χ1n) is 4.12. The van der Waals surface area contributed by atoms with Crippen LogP contribution in [0.5, 0.6) is 0 Å². The Morgan fingerprint density at radius 1 is 1.57 bits per heavy atom. The summed E-state index contributed by atoms with van der Waals surface area (Å²) >= 11 is 0. The average Bonchev–Trinajstić information content (AvgIpc) is 2.42. The van der Waals surface area contributed by atoms with E-state index in [9.17, 15) is 4.79 Å². The van der Waals surface area contributed by atoms with Crippen LogP contribution in [0.1, 0.15) is 16.1 Å². The van der Waals surface area contributed by atoms with Crippen molar-refractivity contribution in [2.75, 3.05) is 0 Å². The van der Waals surface area contributed by atoms with Gasteiger partial charge in [-0.15, -0.1) is 0 Å². The zero-order chi connectivity index (χ0) is 10.3. The van der Waals surface area contributed by atoms with Gasteiger partial charge in [-0.2, -0.15) is 5.10 Å². The minimum Gasteiger partial charge on any atom is -0.478 e. The van der Waals surface area contributed by atoms with Gasteiger partial charge in [-0.05, 0) is 13.0 Å². The van der Waals surface area contributed by atoms with Gasteiger partial charge in [0, 0.05) is 13.2 Å². The molecule has 0 radical (unpaired) electrons. The number of hydrogen-bond donors (Lipinski definition) is 1. The second kappa shape index (κ2) is 2.80. The molecule has 0 saturated heterocycles. The summed E-state index contributed by atoms with van der Waals surface area (Å²) in [7, 11) is 1.77. The fourth-order valence-corrected chi connectivity index (χ4v) is 1.42. The molecule has 0 saturated carbocycles. The predicted molar refractivity (Wildman–Crippen MR) is 50.2 cm³/mol. The first-order valence-corrected chi connectivity index (χ1v) is 4.12. The number of fused-ring (bicyclic) bond motifs is 1. The van der Waals surface area contributed by atoms with Gasteiger partial charge in [-0.1, -0.05) is 0 Å². The fourth-order valence-electron chi connectivity index (χ4n) is 1.42. The van der Waals surface area contributed by atoms with Gasteiger partial charge < -0.3 is 5.11 Å². The topological polar surface area (TPSA) is 68.0 Å². The minimum atomic E-state index is -0.974. The summed E-state index contributed by atoms with van der Waals surface area (Å²) in [5, 5.41) is 12.9. The molecular formula is C9H9N3O2. The second-order valence-corrected chi connectivity index (χ2v) is 3.11. The Morgan fingerprint density at radius 3 is 2.93 bits per heavy atom. The van der Waals surface area contributed by atoms with E-state index in [2.05, 4.69) is 10.1 Å². The smallest absolute Gasteiger partial charge is 0.337 e. The van der Waals surface area contributed by atoms with E-state index in [1.54, 1.807) is 17.8 Å². The highest BCUT2D eigenvalue weighted by atomic mass is 16.4. The third-order valence-electron chi connectivity index (χ3n) is 2.11. The zero-order valence-electron chi connectivity index (χ0n) is 7.85. The van der Waals surface area contributed by atoms with Gasteiger partial charge in [-0.3, -0.25) is 9.67 Å². The molecule has 0 spiro atoms. The zero-order valence-corrected chi connectivity index (χ0v) is 7.85. The van der Waals surface area contributed by atoms with Crippen LogP contribution in [0.4, 0.5) is 0 Å². The van der Waals surface area contributed by atoms with Gasteiger partial charge in [0.05, 0.1) is 16.8 Å². The number of aromatic nitrogens is 3. The van der Waals surface area contributed by atoms with Crippen LogP contribution in [0.2, 0.25) is 0 Å². The van der Waals surface area contributed by atoms with Crippen molar-refractivity contribution in [1.29, 1.82) is 0 Å². The largest absolute Gasteiger partial charge is 0.478 e. The van der Waals surface area contributed by atoms with Crippen LogP contribution in [0, 0.1) is 6.92 Å². The van der Waals surface area contributed by atoms with Crippen molar-refractivity contribution < 1.29 is 9.90 Å². The minimum absolute atomic E-state index is 0.181. The molecule has 0 amide bonds. The van der Waals surface area contributed by atoms with E-state index < -0.39 is 5.97 Å². The molecule has 0 aliphatic carbocycles. The molecule has 5 heteroatoms. The maximum absolute atomic E-state index is 10.7. The second-order valence-electron chi connectivity index (χ2n) is 3.11. The molecule has 0 aromatic carbocycles. The Bertz CT molecular complexity index is 516. The Morgan fingerprint density at radius 2 is 2.29 bits per heavy atom. The monoisotopic (exact) mass is 191 g/mol. The number of carboxylic acid groups (broad SMARTS) is 1. The number of rotatable bonds is 1. The predicted octanol–water partition coefficient (Wildman–Crippen LogP) is 0.975. The first-order chi connectivity index (χ1) is 6.59. The maximum Gasteiger partial charge on any atom is 0.337 e. The molecule has 5 nitrogen and oxygen atoms in total. The lowest BCUT2D eigenvalue weighted by Crippen LogP contribution is -1.98. The number of pyridine rings is 1. The SMILES string of the molecule is Cc1nn(C)c2cc(C(=O)O)cnc12. The quantitative estimate of drug-likeness (QED) is 0.729. The van der Waals surface area contributed by atoms with Gasteiger partial charge in [0.15, 0.2) is 0 Å². The van der Waals surface area contributed by atoms with Crippen molar-refractivity contribution in [3.8, 4) is 0 Å². The molecule has 14 heavy (non-hydrogen) atoms. The Balaban J connectivity index is 2.77. The van der Waals surface area contributed by atoms with Crippen molar-refractivity contribution in [3.05, 3.63) is 23.5 Å². The molecule has 2 heterocycles. The summed E-state index contributed by atoms with van der Waals surface area (Å²) in [6.07, 6.45) is 1.35. The van der Waals surface area contributed by atoms with Crippen LogP contribution >= 0.6 is 0 Å². The lowest BCUT2D eigenvalue weighted by molar-refractivity contribution is 0.0696. The number of carbonyl (C=O) groups is 1. The van der Waals surface area contributed by atoms with E-state index in [1.165, 1.54) is 6.20 Å². The Kier molecular flexibility index (Phi) is 1.73. The number of aryl methyl sites for hydroxylation is 2. The molecular weight excluding hydrogens is 182 g/mol. The average molecular weight is 191 g/mol. The molecule has 0 fully saturated rings. The summed E-state index contributed by atoms with van der Waals surface area (Å²) in [6, 6.07) is 1.57. The third kappa shape index (κ3) is 1.14.